The quantitative estimate of drug-likeness (QED) is 0.910. The van der Waals surface area contributed by atoms with Gasteiger partial charge in [-0.15, -0.1) is 0 Å². The molecule has 1 fully saturated rings. The van der Waals surface area contributed by atoms with E-state index < -0.39 is 6.10 Å². The largest absolute Gasteiger partial charge is 0.391 e. The van der Waals surface area contributed by atoms with Crippen LogP contribution < -0.4 is 4.90 Å². The smallest absolute Gasteiger partial charge is 0.158 e. The lowest BCUT2D eigenvalue weighted by molar-refractivity contribution is 0.194. The molecule has 1 aromatic heterocycles. The minimum absolute atomic E-state index is 0.0807. The third-order valence-electron chi connectivity index (χ3n) is 3.58. The summed E-state index contributed by atoms with van der Waals surface area (Å²) in [4.78, 5) is 10.1. The number of rotatable bonds is 2. The highest BCUT2D eigenvalue weighted by Gasteiger charge is 2.33. The van der Waals surface area contributed by atoms with E-state index in [2.05, 4.69) is 9.97 Å². The van der Waals surface area contributed by atoms with Gasteiger partial charge in [0.25, 0.3) is 0 Å². The Kier molecular flexibility index (Phi) is 3.50. The Balaban J connectivity index is 1.91. The van der Waals surface area contributed by atoms with Crippen molar-refractivity contribution in [3.8, 4) is 6.07 Å². The van der Waals surface area contributed by atoms with Gasteiger partial charge in [-0.25, -0.2) is 14.4 Å². The molecule has 2 aromatic rings. The van der Waals surface area contributed by atoms with E-state index in [0.29, 0.717) is 18.8 Å². The fraction of sp³-hybridized carbons (Fsp3) is 0.267. The van der Waals surface area contributed by atoms with Gasteiger partial charge in [-0.3, -0.25) is 0 Å². The summed E-state index contributed by atoms with van der Waals surface area (Å²) in [5.41, 5.74) is 1.16. The second-order valence-corrected chi connectivity index (χ2v) is 4.98. The Morgan fingerprint density at radius 1 is 1.24 bits per heavy atom. The number of nitriles is 1. The Bertz CT molecular complexity index is 666. The van der Waals surface area contributed by atoms with Crippen molar-refractivity contribution < 1.29 is 9.50 Å². The van der Waals surface area contributed by atoms with Crippen LogP contribution in [0.4, 0.5) is 10.2 Å². The molecule has 1 aromatic carbocycles. The van der Waals surface area contributed by atoms with Crippen molar-refractivity contribution in [2.45, 2.75) is 18.6 Å². The van der Waals surface area contributed by atoms with Gasteiger partial charge in [-0.05, 0) is 24.1 Å². The highest BCUT2D eigenvalue weighted by atomic mass is 19.1. The van der Waals surface area contributed by atoms with Crippen LogP contribution in [-0.2, 0) is 0 Å². The van der Waals surface area contributed by atoms with Crippen LogP contribution in [0.2, 0.25) is 0 Å². The van der Waals surface area contributed by atoms with Gasteiger partial charge >= 0.3 is 0 Å². The minimum atomic E-state index is -0.475. The van der Waals surface area contributed by atoms with E-state index in [0.717, 1.165) is 5.56 Å². The van der Waals surface area contributed by atoms with E-state index in [4.69, 9.17) is 5.26 Å². The first-order valence-corrected chi connectivity index (χ1v) is 6.59. The fourth-order valence-electron chi connectivity index (χ4n) is 2.60. The fourth-order valence-corrected chi connectivity index (χ4v) is 2.60. The van der Waals surface area contributed by atoms with Crippen molar-refractivity contribution in [3.05, 3.63) is 53.7 Å². The zero-order valence-corrected chi connectivity index (χ0v) is 11.1. The molecule has 21 heavy (non-hydrogen) atoms. The molecule has 1 N–H and O–H groups in total. The molecular formula is C15H13FN4O. The molecule has 3 rings (SSSR count). The Morgan fingerprint density at radius 3 is 2.62 bits per heavy atom. The van der Waals surface area contributed by atoms with Gasteiger partial charge in [0.05, 0.1) is 24.5 Å². The van der Waals surface area contributed by atoms with Crippen molar-refractivity contribution in [2.75, 3.05) is 11.4 Å². The van der Waals surface area contributed by atoms with E-state index in [-0.39, 0.29) is 17.6 Å². The van der Waals surface area contributed by atoms with Crippen LogP contribution in [0.1, 0.15) is 23.7 Å². The van der Waals surface area contributed by atoms with Gasteiger partial charge in [-0.1, -0.05) is 12.1 Å². The molecule has 2 heterocycles. The van der Waals surface area contributed by atoms with Gasteiger partial charge < -0.3 is 10.0 Å². The van der Waals surface area contributed by atoms with Crippen LogP contribution in [0.25, 0.3) is 0 Å². The van der Waals surface area contributed by atoms with E-state index in [1.54, 1.807) is 12.1 Å². The number of aliphatic hydroxyl groups is 1. The second-order valence-electron chi connectivity index (χ2n) is 4.98. The zero-order valence-electron chi connectivity index (χ0n) is 11.1. The normalized spacial score (nSPS) is 21.3. The maximum atomic E-state index is 13.0. The average molecular weight is 284 g/mol. The number of benzene rings is 1. The maximum Gasteiger partial charge on any atom is 0.158 e. The molecule has 0 amide bonds. The number of anilines is 1. The van der Waals surface area contributed by atoms with Crippen molar-refractivity contribution in [1.82, 2.24) is 9.97 Å². The number of aromatic nitrogens is 2. The standard InChI is InChI=1S/C15H13FN4O/c16-11-3-1-10(2-4-11)14-5-13(21)9-20(14)15-8-18-12(6-17)7-19-15/h1-4,7-8,13-14,21H,5,9H2/t13-,14+/m0/s1. The average Bonchev–Trinajstić information content (AvgIpc) is 2.90. The molecule has 106 valence electrons. The van der Waals surface area contributed by atoms with Crippen molar-refractivity contribution in [1.29, 1.82) is 5.26 Å². The van der Waals surface area contributed by atoms with Gasteiger partial charge in [0.2, 0.25) is 0 Å². The summed E-state index contributed by atoms with van der Waals surface area (Å²) in [5, 5.41) is 18.7. The summed E-state index contributed by atoms with van der Waals surface area (Å²) in [7, 11) is 0. The predicted molar refractivity (Wildman–Crippen MR) is 73.9 cm³/mol. The lowest BCUT2D eigenvalue weighted by Gasteiger charge is -2.25. The Morgan fingerprint density at radius 2 is 2.00 bits per heavy atom. The summed E-state index contributed by atoms with van der Waals surface area (Å²) in [6.07, 6.45) is 3.00. The van der Waals surface area contributed by atoms with Crippen LogP contribution >= 0.6 is 0 Å². The highest BCUT2D eigenvalue weighted by molar-refractivity contribution is 5.44. The first-order valence-electron chi connectivity index (χ1n) is 6.59. The van der Waals surface area contributed by atoms with E-state index in [9.17, 15) is 9.50 Å². The van der Waals surface area contributed by atoms with Gasteiger partial charge in [0, 0.05) is 6.54 Å². The molecule has 1 aliphatic rings. The first-order chi connectivity index (χ1) is 10.2. The Hall–Kier alpha value is -2.52. The highest BCUT2D eigenvalue weighted by Crippen LogP contribution is 2.35. The van der Waals surface area contributed by atoms with E-state index in [1.165, 1.54) is 24.5 Å². The summed E-state index contributed by atoms with van der Waals surface area (Å²) < 4.78 is 13.0. The molecule has 5 nitrogen and oxygen atoms in total. The van der Waals surface area contributed by atoms with Gasteiger partial charge in [0.15, 0.2) is 5.69 Å². The molecule has 0 unspecified atom stereocenters. The number of halogens is 1. The molecular weight excluding hydrogens is 271 g/mol. The lowest BCUT2D eigenvalue weighted by atomic mass is 10.0. The van der Waals surface area contributed by atoms with Crippen molar-refractivity contribution in [2.24, 2.45) is 0 Å². The number of β-amino-alcohol motifs (C(OH)–C–C–N with tert-alkyl or cyclic N) is 1. The molecule has 1 saturated heterocycles. The summed E-state index contributed by atoms with van der Waals surface area (Å²) >= 11 is 0. The molecule has 1 aliphatic heterocycles. The monoisotopic (exact) mass is 284 g/mol. The molecule has 0 radical (unpaired) electrons. The summed E-state index contributed by atoms with van der Waals surface area (Å²) in [6, 6.07) is 8.07. The Labute approximate surface area is 121 Å². The molecule has 0 bridgehead atoms. The molecule has 0 saturated carbocycles. The number of nitrogens with zero attached hydrogens (tertiary/aromatic N) is 4. The molecule has 2 atom stereocenters. The summed E-state index contributed by atoms with van der Waals surface area (Å²) in [5.74, 6) is 0.307. The van der Waals surface area contributed by atoms with Crippen molar-refractivity contribution >= 4 is 5.82 Å². The number of aliphatic hydroxyl groups excluding tert-OH is 1. The zero-order chi connectivity index (χ0) is 14.8. The van der Waals surface area contributed by atoms with Crippen LogP contribution in [0, 0.1) is 17.1 Å². The number of hydrogen-bond acceptors (Lipinski definition) is 5. The summed E-state index contributed by atoms with van der Waals surface area (Å²) in [6.45, 7) is 0.433. The van der Waals surface area contributed by atoms with Crippen LogP contribution in [-0.4, -0.2) is 27.7 Å². The predicted octanol–water partition coefficient (Wildman–Crippen LogP) is 1.80. The maximum absolute atomic E-state index is 13.0. The van der Waals surface area contributed by atoms with Crippen LogP contribution in [0.15, 0.2) is 36.7 Å². The second kappa shape index (κ2) is 5.46. The van der Waals surface area contributed by atoms with Crippen molar-refractivity contribution in [3.63, 3.8) is 0 Å². The topological polar surface area (TPSA) is 73.0 Å². The van der Waals surface area contributed by atoms with Crippen LogP contribution in [0.3, 0.4) is 0 Å². The third-order valence-corrected chi connectivity index (χ3v) is 3.58. The van der Waals surface area contributed by atoms with Gasteiger partial charge in [-0.2, -0.15) is 5.26 Å². The van der Waals surface area contributed by atoms with E-state index in [1.807, 2.05) is 11.0 Å². The third kappa shape index (κ3) is 2.69. The van der Waals surface area contributed by atoms with Crippen LogP contribution in [0.5, 0.6) is 0 Å². The number of hydrogen-bond donors (Lipinski definition) is 1. The van der Waals surface area contributed by atoms with E-state index >= 15 is 0 Å². The minimum Gasteiger partial charge on any atom is -0.391 e. The first kappa shape index (κ1) is 13.5. The lowest BCUT2D eigenvalue weighted by Crippen LogP contribution is -2.25. The molecule has 0 aliphatic carbocycles. The SMILES string of the molecule is N#Cc1cnc(N2C[C@@H](O)C[C@@H]2c2ccc(F)cc2)cn1. The molecule has 6 heteroatoms. The molecule has 0 spiro atoms. The van der Waals surface area contributed by atoms with Gasteiger partial charge in [0.1, 0.15) is 17.7 Å².